The fraction of sp³-hybridized carbons (Fsp3) is 0.538. The predicted octanol–water partition coefficient (Wildman–Crippen LogP) is 1.37. The van der Waals surface area contributed by atoms with E-state index in [0.29, 0.717) is 17.2 Å². The number of anilines is 1. The summed E-state index contributed by atoms with van der Waals surface area (Å²) in [6.07, 6.45) is -0.527. The third kappa shape index (κ3) is 5.62. The topological polar surface area (TPSA) is 75.7 Å². The largest absolute Gasteiger partial charge is 0.489 e. The number of benzene rings is 1. The third-order valence-electron chi connectivity index (χ3n) is 2.37. The summed E-state index contributed by atoms with van der Waals surface area (Å²) in [5, 5.41) is 18.6. The Kier molecular flexibility index (Phi) is 6.93. The van der Waals surface area contributed by atoms with Crippen molar-refractivity contribution in [2.75, 3.05) is 30.5 Å². The van der Waals surface area contributed by atoms with Gasteiger partial charge < -0.3 is 20.7 Å². The summed E-state index contributed by atoms with van der Waals surface area (Å²) in [4.78, 5) is 0. The first-order chi connectivity index (χ1) is 8.63. The number of aliphatic hydroxyl groups is 2. The van der Waals surface area contributed by atoms with Gasteiger partial charge in [-0.25, -0.2) is 0 Å². The average Bonchev–Trinajstić information content (AvgIpc) is 2.37. The molecule has 2 atom stereocenters. The van der Waals surface area contributed by atoms with Crippen LogP contribution >= 0.6 is 11.8 Å². The Hall–Kier alpha value is -0.910. The SMILES string of the molecule is CC(CO)CSCC(O)COc1ccccc1N. The summed E-state index contributed by atoms with van der Waals surface area (Å²) in [6.45, 7) is 2.38. The Morgan fingerprint density at radius 1 is 1.33 bits per heavy atom. The number of hydrogen-bond acceptors (Lipinski definition) is 5. The van der Waals surface area contributed by atoms with Crippen LogP contribution in [0, 0.1) is 5.92 Å². The van der Waals surface area contributed by atoms with E-state index in [1.165, 1.54) is 0 Å². The summed E-state index contributed by atoms with van der Waals surface area (Å²) >= 11 is 1.61. The van der Waals surface area contributed by atoms with Gasteiger partial charge in [0.2, 0.25) is 0 Å². The van der Waals surface area contributed by atoms with Crippen LogP contribution in [-0.4, -0.2) is 41.0 Å². The fourth-order valence-corrected chi connectivity index (χ4v) is 2.32. The van der Waals surface area contributed by atoms with E-state index in [2.05, 4.69) is 0 Å². The van der Waals surface area contributed by atoms with E-state index in [-0.39, 0.29) is 19.1 Å². The predicted molar refractivity (Wildman–Crippen MR) is 75.9 cm³/mol. The normalized spacial score (nSPS) is 14.2. The summed E-state index contributed by atoms with van der Waals surface area (Å²) in [7, 11) is 0. The van der Waals surface area contributed by atoms with Crippen molar-refractivity contribution >= 4 is 17.4 Å². The van der Waals surface area contributed by atoms with Gasteiger partial charge in [-0.1, -0.05) is 19.1 Å². The zero-order valence-electron chi connectivity index (χ0n) is 10.6. The molecule has 0 heterocycles. The number of para-hydroxylation sites is 2. The molecule has 4 nitrogen and oxygen atoms in total. The van der Waals surface area contributed by atoms with Gasteiger partial charge in [-0.3, -0.25) is 0 Å². The lowest BCUT2D eigenvalue weighted by atomic mass is 10.2. The molecule has 0 bridgehead atoms. The quantitative estimate of drug-likeness (QED) is 0.623. The third-order valence-corrected chi connectivity index (χ3v) is 3.80. The van der Waals surface area contributed by atoms with Crippen LogP contribution in [0.5, 0.6) is 5.75 Å². The van der Waals surface area contributed by atoms with Crippen molar-refractivity contribution in [2.45, 2.75) is 13.0 Å². The average molecular weight is 271 g/mol. The molecule has 0 aliphatic carbocycles. The summed E-state index contributed by atoms with van der Waals surface area (Å²) < 4.78 is 5.44. The van der Waals surface area contributed by atoms with Crippen LogP contribution < -0.4 is 10.5 Å². The van der Waals surface area contributed by atoms with Gasteiger partial charge in [0, 0.05) is 12.4 Å². The number of aliphatic hydroxyl groups excluding tert-OH is 2. The van der Waals surface area contributed by atoms with Crippen LogP contribution in [0.1, 0.15) is 6.92 Å². The molecule has 0 fully saturated rings. The van der Waals surface area contributed by atoms with Gasteiger partial charge in [0.25, 0.3) is 0 Å². The number of rotatable bonds is 8. The molecule has 0 amide bonds. The molecular formula is C13H21NO3S. The first-order valence-electron chi connectivity index (χ1n) is 5.97. The fourth-order valence-electron chi connectivity index (χ4n) is 1.30. The zero-order valence-corrected chi connectivity index (χ0v) is 11.4. The molecule has 4 N–H and O–H groups in total. The molecule has 18 heavy (non-hydrogen) atoms. The highest BCUT2D eigenvalue weighted by atomic mass is 32.2. The molecule has 0 aliphatic heterocycles. The maximum Gasteiger partial charge on any atom is 0.142 e. The minimum Gasteiger partial charge on any atom is -0.489 e. The first-order valence-corrected chi connectivity index (χ1v) is 7.13. The highest BCUT2D eigenvalue weighted by Crippen LogP contribution is 2.20. The Morgan fingerprint density at radius 2 is 2.06 bits per heavy atom. The summed E-state index contributed by atoms with van der Waals surface area (Å²) in [5.74, 6) is 2.29. The first kappa shape index (κ1) is 15.1. The second-order valence-electron chi connectivity index (χ2n) is 4.33. The van der Waals surface area contributed by atoms with Crippen LogP contribution in [0.4, 0.5) is 5.69 Å². The maximum atomic E-state index is 9.74. The van der Waals surface area contributed by atoms with Gasteiger partial charge in [0.1, 0.15) is 12.4 Å². The second-order valence-corrected chi connectivity index (χ2v) is 5.40. The van der Waals surface area contributed by atoms with E-state index >= 15 is 0 Å². The number of nitrogen functional groups attached to an aromatic ring is 1. The molecule has 0 aromatic heterocycles. The number of nitrogens with two attached hydrogens (primary N) is 1. The molecule has 0 spiro atoms. The number of thioether (sulfide) groups is 1. The number of hydrogen-bond donors (Lipinski definition) is 3. The van der Waals surface area contributed by atoms with Crippen molar-refractivity contribution < 1.29 is 14.9 Å². The zero-order chi connectivity index (χ0) is 13.4. The van der Waals surface area contributed by atoms with Crippen LogP contribution in [0.3, 0.4) is 0 Å². The van der Waals surface area contributed by atoms with Gasteiger partial charge in [0.15, 0.2) is 0 Å². The standard InChI is InChI=1S/C13H21NO3S/c1-10(6-15)8-18-9-11(16)7-17-13-5-3-2-4-12(13)14/h2-5,10-11,15-16H,6-9,14H2,1H3. The summed E-state index contributed by atoms with van der Waals surface area (Å²) in [6, 6.07) is 7.23. The highest BCUT2D eigenvalue weighted by molar-refractivity contribution is 7.99. The van der Waals surface area contributed by atoms with Crippen molar-refractivity contribution in [3.05, 3.63) is 24.3 Å². The van der Waals surface area contributed by atoms with E-state index in [0.717, 1.165) is 5.75 Å². The molecule has 5 heteroatoms. The molecule has 0 saturated heterocycles. The van der Waals surface area contributed by atoms with E-state index in [4.69, 9.17) is 15.6 Å². The van der Waals surface area contributed by atoms with Crippen molar-refractivity contribution in [3.63, 3.8) is 0 Å². The maximum absolute atomic E-state index is 9.74. The minimum atomic E-state index is -0.527. The van der Waals surface area contributed by atoms with Crippen LogP contribution in [-0.2, 0) is 0 Å². The lowest BCUT2D eigenvalue weighted by Gasteiger charge is -2.14. The van der Waals surface area contributed by atoms with Gasteiger partial charge in [-0.15, -0.1) is 0 Å². The van der Waals surface area contributed by atoms with E-state index in [9.17, 15) is 5.11 Å². The molecule has 0 aliphatic rings. The Bertz CT molecular complexity index is 349. The minimum absolute atomic E-state index is 0.181. The summed E-state index contributed by atoms with van der Waals surface area (Å²) in [5.41, 5.74) is 6.30. The van der Waals surface area contributed by atoms with Crippen LogP contribution in [0.2, 0.25) is 0 Å². The molecular weight excluding hydrogens is 250 g/mol. The Balaban J connectivity index is 2.21. The smallest absolute Gasteiger partial charge is 0.142 e. The van der Waals surface area contributed by atoms with Crippen molar-refractivity contribution in [1.29, 1.82) is 0 Å². The van der Waals surface area contributed by atoms with Crippen molar-refractivity contribution in [1.82, 2.24) is 0 Å². The van der Waals surface area contributed by atoms with Crippen molar-refractivity contribution in [2.24, 2.45) is 5.92 Å². The second kappa shape index (κ2) is 8.24. The van der Waals surface area contributed by atoms with Crippen molar-refractivity contribution in [3.8, 4) is 5.75 Å². The Labute approximate surface area is 112 Å². The number of ether oxygens (including phenoxy) is 1. The van der Waals surface area contributed by atoms with Gasteiger partial charge in [0.05, 0.1) is 11.8 Å². The molecule has 0 saturated carbocycles. The molecule has 0 radical (unpaired) electrons. The van der Waals surface area contributed by atoms with E-state index < -0.39 is 6.10 Å². The molecule has 102 valence electrons. The van der Waals surface area contributed by atoms with Crippen LogP contribution in [0.25, 0.3) is 0 Å². The monoisotopic (exact) mass is 271 g/mol. The van der Waals surface area contributed by atoms with E-state index in [1.54, 1.807) is 23.9 Å². The van der Waals surface area contributed by atoms with E-state index in [1.807, 2.05) is 19.1 Å². The van der Waals surface area contributed by atoms with Gasteiger partial charge in [-0.05, 0) is 23.8 Å². The molecule has 1 aromatic carbocycles. The lowest BCUT2D eigenvalue weighted by molar-refractivity contribution is 0.127. The van der Waals surface area contributed by atoms with Gasteiger partial charge >= 0.3 is 0 Å². The van der Waals surface area contributed by atoms with Crippen LogP contribution in [0.15, 0.2) is 24.3 Å². The van der Waals surface area contributed by atoms with Gasteiger partial charge in [-0.2, -0.15) is 11.8 Å². The molecule has 2 unspecified atom stereocenters. The Morgan fingerprint density at radius 3 is 2.72 bits per heavy atom. The molecule has 1 aromatic rings. The lowest BCUT2D eigenvalue weighted by Crippen LogP contribution is -2.21. The highest BCUT2D eigenvalue weighted by Gasteiger charge is 2.08. The molecule has 1 rings (SSSR count).